The molecule has 0 bridgehead atoms. The summed E-state index contributed by atoms with van der Waals surface area (Å²) in [7, 11) is 0. The Bertz CT molecular complexity index is 559. The second kappa shape index (κ2) is 5.17. The lowest BCUT2D eigenvalue weighted by atomic mass is 9.92. The third kappa shape index (κ3) is 2.43. The maximum absolute atomic E-state index is 4.27. The number of nitrogens with zero attached hydrogens (tertiary/aromatic N) is 1. The minimum absolute atomic E-state index is 0.428. The van der Waals surface area contributed by atoms with Crippen molar-refractivity contribution in [1.29, 1.82) is 0 Å². The van der Waals surface area contributed by atoms with E-state index in [1.807, 2.05) is 6.20 Å². The van der Waals surface area contributed by atoms with Gasteiger partial charge in [0.15, 0.2) is 0 Å². The van der Waals surface area contributed by atoms with Crippen LogP contribution >= 0.6 is 0 Å². The maximum Gasteiger partial charge on any atom is 0.0700 e. The summed E-state index contributed by atoms with van der Waals surface area (Å²) in [4.78, 5) is 0. The zero-order valence-corrected chi connectivity index (χ0v) is 11.6. The van der Waals surface area contributed by atoms with Crippen LogP contribution in [0.15, 0.2) is 30.5 Å². The van der Waals surface area contributed by atoms with E-state index in [-0.39, 0.29) is 0 Å². The molecule has 2 aromatic rings. The predicted molar refractivity (Wildman–Crippen MR) is 78.0 cm³/mol. The minimum atomic E-state index is 0.428. The van der Waals surface area contributed by atoms with Crippen molar-refractivity contribution in [2.45, 2.75) is 45.2 Å². The van der Waals surface area contributed by atoms with Crippen LogP contribution in [0.1, 0.15) is 43.4 Å². The summed E-state index contributed by atoms with van der Waals surface area (Å²) in [6, 6.07) is 9.50. The van der Waals surface area contributed by atoms with Gasteiger partial charge in [0.2, 0.25) is 0 Å². The molecule has 1 aromatic carbocycles. The van der Waals surface area contributed by atoms with Gasteiger partial charge in [0, 0.05) is 23.2 Å². The van der Waals surface area contributed by atoms with Gasteiger partial charge < -0.3 is 5.32 Å². The van der Waals surface area contributed by atoms with E-state index in [9.17, 15) is 0 Å². The lowest BCUT2D eigenvalue weighted by molar-refractivity contribution is 0.342. The Hall–Kier alpha value is -1.61. The van der Waals surface area contributed by atoms with Gasteiger partial charge in [0.1, 0.15) is 0 Å². The number of rotatable bonds is 2. The third-order valence-corrected chi connectivity index (χ3v) is 4.07. The second-order valence-corrected chi connectivity index (χ2v) is 5.57. The largest absolute Gasteiger partial charge is 0.307 e. The highest BCUT2D eigenvalue weighted by Gasteiger charge is 2.23. The van der Waals surface area contributed by atoms with E-state index in [1.165, 1.54) is 41.6 Å². The summed E-state index contributed by atoms with van der Waals surface area (Å²) in [6.07, 6.45) is 5.74. The smallest absolute Gasteiger partial charge is 0.0700 e. The van der Waals surface area contributed by atoms with Gasteiger partial charge in [0.05, 0.1) is 11.9 Å². The number of piperidine rings is 1. The van der Waals surface area contributed by atoms with E-state index >= 15 is 0 Å². The first-order valence-corrected chi connectivity index (χ1v) is 7.11. The molecule has 3 rings (SSSR count). The molecule has 1 saturated heterocycles. The molecule has 0 spiro atoms. The molecule has 2 heterocycles. The first-order valence-electron chi connectivity index (χ1n) is 7.11. The highest BCUT2D eigenvalue weighted by Crippen LogP contribution is 2.33. The molecule has 0 saturated carbocycles. The van der Waals surface area contributed by atoms with Gasteiger partial charge in [-0.3, -0.25) is 5.10 Å². The molecule has 19 heavy (non-hydrogen) atoms. The molecular weight excluding hydrogens is 234 g/mol. The second-order valence-electron chi connectivity index (χ2n) is 5.57. The highest BCUT2D eigenvalue weighted by molar-refractivity contribution is 5.66. The highest BCUT2D eigenvalue weighted by atomic mass is 15.1. The van der Waals surface area contributed by atoms with Gasteiger partial charge in [-0.2, -0.15) is 5.10 Å². The number of benzene rings is 1. The molecule has 2 unspecified atom stereocenters. The van der Waals surface area contributed by atoms with Gasteiger partial charge in [-0.05, 0) is 32.3 Å². The van der Waals surface area contributed by atoms with Gasteiger partial charge in [0.25, 0.3) is 0 Å². The zero-order chi connectivity index (χ0) is 13.2. The average molecular weight is 255 g/mol. The van der Waals surface area contributed by atoms with E-state index in [0.29, 0.717) is 12.1 Å². The molecule has 0 aliphatic carbocycles. The fraction of sp³-hybridized carbons (Fsp3) is 0.438. The predicted octanol–water partition coefficient (Wildman–Crippen LogP) is 3.59. The maximum atomic E-state index is 4.27. The van der Waals surface area contributed by atoms with E-state index in [4.69, 9.17) is 0 Å². The number of aryl methyl sites for hydroxylation is 1. The molecule has 3 nitrogen and oxygen atoms in total. The lowest BCUT2D eigenvalue weighted by Gasteiger charge is -2.29. The van der Waals surface area contributed by atoms with E-state index in [0.717, 1.165) is 0 Å². The van der Waals surface area contributed by atoms with Crippen molar-refractivity contribution in [2.75, 3.05) is 0 Å². The normalized spacial score (nSPS) is 23.5. The Labute approximate surface area is 114 Å². The quantitative estimate of drug-likeness (QED) is 0.861. The molecule has 2 atom stereocenters. The molecule has 0 radical (unpaired) electrons. The van der Waals surface area contributed by atoms with Crippen molar-refractivity contribution in [3.05, 3.63) is 41.6 Å². The summed E-state index contributed by atoms with van der Waals surface area (Å²) >= 11 is 0. The Morgan fingerprint density at radius 2 is 2.05 bits per heavy atom. The number of hydrogen-bond acceptors (Lipinski definition) is 2. The van der Waals surface area contributed by atoms with Crippen LogP contribution < -0.4 is 5.32 Å². The molecule has 1 aliphatic rings. The third-order valence-electron chi connectivity index (χ3n) is 4.07. The molecule has 1 aliphatic heterocycles. The number of hydrogen-bond donors (Lipinski definition) is 2. The zero-order valence-electron chi connectivity index (χ0n) is 11.6. The van der Waals surface area contributed by atoms with Gasteiger partial charge >= 0.3 is 0 Å². The lowest BCUT2D eigenvalue weighted by Crippen LogP contribution is -2.34. The van der Waals surface area contributed by atoms with Gasteiger partial charge in [-0.25, -0.2) is 0 Å². The SMILES string of the molecule is Cc1ccccc1-c1[nH]ncc1C1CCCC(C)N1. The Kier molecular flexibility index (Phi) is 3.38. The fourth-order valence-electron chi connectivity index (χ4n) is 3.01. The van der Waals surface area contributed by atoms with Crippen LogP contribution in [0.3, 0.4) is 0 Å². The summed E-state index contributed by atoms with van der Waals surface area (Å²) in [5.74, 6) is 0. The number of aromatic nitrogens is 2. The Balaban J connectivity index is 1.96. The van der Waals surface area contributed by atoms with Crippen LogP contribution in [0.25, 0.3) is 11.3 Å². The number of aromatic amines is 1. The molecular formula is C16H21N3. The van der Waals surface area contributed by atoms with Crippen LogP contribution in [-0.2, 0) is 0 Å². The summed E-state index contributed by atoms with van der Waals surface area (Å²) in [5, 5.41) is 11.1. The van der Waals surface area contributed by atoms with E-state index < -0.39 is 0 Å². The Morgan fingerprint density at radius 3 is 2.84 bits per heavy atom. The molecule has 1 fully saturated rings. The topological polar surface area (TPSA) is 40.7 Å². The Morgan fingerprint density at radius 1 is 1.21 bits per heavy atom. The van der Waals surface area contributed by atoms with Crippen LogP contribution in [-0.4, -0.2) is 16.2 Å². The monoisotopic (exact) mass is 255 g/mol. The standard InChI is InChI=1S/C16H21N3/c1-11-6-3-4-8-13(11)16-14(10-17-19-16)15-9-5-7-12(2)18-15/h3-4,6,8,10,12,15,18H,5,7,9H2,1-2H3,(H,17,19). The molecule has 1 aromatic heterocycles. The van der Waals surface area contributed by atoms with Gasteiger partial charge in [-0.1, -0.05) is 30.7 Å². The van der Waals surface area contributed by atoms with Crippen LogP contribution in [0.5, 0.6) is 0 Å². The van der Waals surface area contributed by atoms with E-state index in [2.05, 4.69) is 53.6 Å². The number of nitrogens with one attached hydrogen (secondary N) is 2. The van der Waals surface area contributed by atoms with Crippen molar-refractivity contribution in [2.24, 2.45) is 0 Å². The minimum Gasteiger partial charge on any atom is -0.307 e. The molecule has 100 valence electrons. The summed E-state index contributed by atoms with van der Waals surface area (Å²) in [5.41, 5.74) is 5.03. The van der Waals surface area contributed by atoms with Crippen molar-refractivity contribution in [3.8, 4) is 11.3 Å². The van der Waals surface area contributed by atoms with E-state index in [1.54, 1.807) is 0 Å². The summed E-state index contributed by atoms with van der Waals surface area (Å²) < 4.78 is 0. The first kappa shape index (κ1) is 12.4. The van der Waals surface area contributed by atoms with Crippen LogP contribution in [0, 0.1) is 6.92 Å². The summed E-state index contributed by atoms with van der Waals surface area (Å²) in [6.45, 7) is 4.41. The van der Waals surface area contributed by atoms with Crippen molar-refractivity contribution < 1.29 is 0 Å². The van der Waals surface area contributed by atoms with Crippen molar-refractivity contribution in [3.63, 3.8) is 0 Å². The van der Waals surface area contributed by atoms with Crippen LogP contribution in [0.4, 0.5) is 0 Å². The fourth-order valence-corrected chi connectivity index (χ4v) is 3.01. The molecule has 3 heteroatoms. The van der Waals surface area contributed by atoms with Crippen LogP contribution in [0.2, 0.25) is 0 Å². The molecule has 2 N–H and O–H groups in total. The van der Waals surface area contributed by atoms with Gasteiger partial charge in [-0.15, -0.1) is 0 Å². The number of H-pyrrole nitrogens is 1. The average Bonchev–Trinajstić information content (AvgIpc) is 2.88. The van der Waals surface area contributed by atoms with Crippen molar-refractivity contribution in [1.82, 2.24) is 15.5 Å². The first-order chi connectivity index (χ1) is 9.25. The van der Waals surface area contributed by atoms with Crippen molar-refractivity contribution >= 4 is 0 Å². The molecule has 0 amide bonds.